The summed E-state index contributed by atoms with van der Waals surface area (Å²) in [7, 11) is 0. The number of benzene rings is 1. The minimum Gasteiger partial charge on any atom is -0.325 e. The molecule has 1 aromatic carbocycles. The number of rotatable bonds is 5. The summed E-state index contributed by atoms with van der Waals surface area (Å²) >= 11 is 2.98. The van der Waals surface area contributed by atoms with Crippen LogP contribution in [-0.2, 0) is 17.8 Å². The Balaban J connectivity index is 1.35. The fourth-order valence-corrected chi connectivity index (χ4v) is 5.03. The number of amides is 2. The van der Waals surface area contributed by atoms with Crippen LogP contribution in [0.1, 0.15) is 32.1 Å². The van der Waals surface area contributed by atoms with Crippen molar-refractivity contribution in [2.24, 2.45) is 0 Å². The van der Waals surface area contributed by atoms with Crippen LogP contribution in [0.3, 0.4) is 0 Å². The summed E-state index contributed by atoms with van der Waals surface area (Å²) in [6.07, 6.45) is 0.775. The quantitative estimate of drug-likeness (QED) is 0.645. The molecule has 2 amide bonds. The molecule has 1 aliphatic heterocycles. The Morgan fingerprint density at radius 1 is 1.21 bits per heavy atom. The summed E-state index contributed by atoms with van der Waals surface area (Å²) in [5.74, 6) is -0.155. The van der Waals surface area contributed by atoms with Gasteiger partial charge in [0, 0.05) is 35.5 Å². The van der Waals surface area contributed by atoms with Crippen molar-refractivity contribution in [3.63, 3.8) is 0 Å². The highest BCUT2D eigenvalue weighted by Gasteiger charge is 2.23. The molecule has 0 bridgehead atoms. The summed E-state index contributed by atoms with van der Waals surface area (Å²) in [5, 5.41) is 10.2. The maximum atomic E-state index is 12.5. The SMILES string of the molecule is Cc1ccc(NC(=O)CN2CCc3nc(NC(=O)c4ccsc4)sc3C2)c(C)c1. The van der Waals surface area contributed by atoms with Crippen LogP contribution in [0.4, 0.5) is 10.8 Å². The zero-order valence-corrected chi connectivity index (χ0v) is 18.0. The van der Waals surface area contributed by atoms with Crippen molar-refractivity contribution in [3.05, 3.63) is 62.3 Å². The van der Waals surface area contributed by atoms with Gasteiger partial charge < -0.3 is 5.32 Å². The van der Waals surface area contributed by atoms with Gasteiger partial charge in [-0.2, -0.15) is 11.3 Å². The maximum Gasteiger partial charge on any atom is 0.258 e. The van der Waals surface area contributed by atoms with Crippen molar-refractivity contribution in [1.29, 1.82) is 0 Å². The van der Waals surface area contributed by atoms with E-state index in [0.29, 0.717) is 23.8 Å². The molecule has 0 spiro atoms. The van der Waals surface area contributed by atoms with E-state index in [9.17, 15) is 9.59 Å². The van der Waals surface area contributed by atoms with E-state index in [0.717, 1.165) is 34.8 Å². The number of thiazole rings is 1. The lowest BCUT2D eigenvalue weighted by molar-refractivity contribution is -0.117. The Labute approximate surface area is 177 Å². The summed E-state index contributed by atoms with van der Waals surface area (Å²) in [4.78, 5) is 32.5. The van der Waals surface area contributed by atoms with Gasteiger partial charge >= 0.3 is 0 Å². The second-order valence-electron chi connectivity index (χ2n) is 7.18. The fourth-order valence-electron chi connectivity index (χ4n) is 3.35. The van der Waals surface area contributed by atoms with Crippen molar-refractivity contribution < 1.29 is 9.59 Å². The van der Waals surface area contributed by atoms with E-state index in [1.54, 1.807) is 6.07 Å². The minimum atomic E-state index is -0.137. The predicted octanol–water partition coefficient (Wildman–Crippen LogP) is 4.07. The molecular weight excluding hydrogens is 404 g/mol. The third-order valence-electron chi connectivity index (χ3n) is 4.84. The highest BCUT2D eigenvalue weighted by atomic mass is 32.1. The van der Waals surface area contributed by atoms with Gasteiger partial charge in [-0.1, -0.05) is 17.7 Å². The molecule has 8 heteroatoms. The molecule has 2 N–H and O–H groups in total. The normalized spacial score (nSPS) is 13.7. The highest BCUT2D eigenvalue weighted by molar-refractivity contribution is 7.16. The zero-order chi connectivity index (χ0) is 20.4. The Bertz CT molecular complexity index is 1040. The molecule has 3 heterocycles. The monoisotopic (exact) mass is 426 g/mol. The zero-order valence-electron chi connectivity index (χ0n) is 16.3. The molecule has 1 aliphatic rings. The van der Waals surface area contributed by atoms with Crippen LogP contribution in [0.15, 0.2) is 35.0 Å². The number of anilines is 2. The largest absolute Gasteiger partial charge is 0.325 e. The average molecular weight is 427 g/mol. The number of fused-ring (bicyclic) bond motifs is 1. The molecule has 0 saturated heterocycles. The van der Waals surface area contributed by atoms with Crippen LogP contribution in [0.25, 0.3) is 0 Å². The molecule has 2 aromatic heterocycles. The number of hydrogen-bond donors (Lipinski definition) is 2. The van der Waals surface area contributed by atoms with E-state index in [-0.39, 0.29) is 11.8 Å². The molecule has 0 unspecified atom stereocenters. The Kier molecular flexibility index (Phi) is 5.75. The summed E-state index contributed by atoms with van der Waals surface area (Å²) in [6, 6.07) is 7.80. The Morgan fingerprint density at radius 2 is 2.07 bits per heavy atom. The van der Waals surface area contributed by atoms with Crippen LogP contribution < -0.4 is 10.6 Å². The molecule has 3 aromatic rings. The number of nitrogens with zero attached hydrogens (tertiary/aromatic N) is 2. The lowest BCUT2D eigenvalue weighted by atomic mass is 10.1. The first-order valence-corrected chi connectivity index (χ1v) is 11.2. The van der Waals surface area contributed by atoms with Crippen LogP contribution in [-0.4, -0.2) is 34.8 Å². The smallest absolute Gasteiger partial charge is 0.258 e. The Morgan fingerprint density at radius 3 is 2.83 bits per heavy atom. The van der Waals surface area contributed by atoms with Gasteiger partial charge in [0.2, 0.25) is 5.91 Å². The van der Waals surface area contributed by atoms with Crippen LogP contribution in [0.5, 0.6) is 0 Å². The molecule has 0 aliphatic carbocycles. The molecule has 150 valence electrons. The van der Waals surface area contributed by atoms with Gasteiger partial charge in [-0.05, 0) is 36.9 Å². The third-order valence-corrected chi connectivity index (χ3v) is 6.52. The first-order valence-electron chi connectivity index (χ1n) is 9.39. The maximum absolute atomic E-state index is 12.5. The topological polar surface area (TPSA) is 74.3 Å². The Hall–Kier alpha value is -2.55. The van der Waals surface area contributed by atoms with Crippen LogP contribution in [0.2, 0.25) is 0 Å². The van der Waals surface area contributed by atoms with Crippen molar-refractivity contribution in [2.45, 2.75) is 26.8 Å². The van der Waals surface area contributed by atoms with E-state index >= 15 is 0 Å². The third kappa shape index (κ3) is 4.72. The second kappa shape index (κ2) is 8.44. The number of aromatic nitrogens is 1. The molecule has 4 rings (SSSR count). The summed E-state index contributed by atoms with van der Waals surface area (Å²) in [6.45, 7) is 5.81. The lowest BCUT2D eigenvalue weighted by Gasteiger charge is -2.25. The molecule has 0 atom stereocenters. The van der Waals surface area contributed by atoms with E-state index < -0.39 is 0 Å². The summed E-state index contributed by atoms with van der Waals surface area (Å²) < 4.78 is 0. The van der Waals surface area contributed by atoms with E-state index in [2.05, 4.69) is 26.6 Å². The van der Waals surface area contributed by atoms with Crippen LogP contribution in [0, 0.1) is 13.8 Å². The number of carbonyl (C=O) groups is 2. The van der Waals surface area contributed by atoms with Gasteiger partial charge in [0.15, 0.2) is 5.13 Å². The van der Waals surface area contributed by atoms with E-state index in [1.807, 2.05) is 36.7 Å². The molecule has 29 heavy (non-hydrogen) atoms. The number of carbonyl (C=O) groups excluding carboxylic acids is 2. The molecule has 0 radical (unpaired) electrons. The second-order valence-corrected chi connectivity index (χ2v) is 9.05. The van der Waals surface area contributed by atoms with Crippen molar-refractivity contribution in [1.82, 2.24) is 9.88 Å². The minimum absolute atomic E-state index is 0.0177. The number of nitrogens with one attached hydrogen (secondary N) is 2. The van der Waals surface area contributed by atoms with E-state index in [4.69, 9.17) is 0 Å². The molecular formula is C21H22N4O2S2. The van der Waals surface area contributed by atoms with E-state index in [1.165, 1.54) is 28.2 Å². The average Bonchev–Trinajstić information content (AvgIpc) is 3.33. The standard InChI is InChI=1S/C21H22N4O2S2/c1-13-3-4-16(14(2)9-13)22-19(26)11-25-7-5-17-18(10-25)29-21(23-17)24-20(27)15-6-8-28-12-15/h3-4,6,8-9,12H,5,7,10-11H2,1-2H3,(H,22,26)(H,23,24,27). The first kappa shape index (κ1) is 19.8. The number of hydrogen-bond acceptors (Lipinski definition) is 6. The van der Waals surface area contributed by atoms with Gasteiger partial charge in [0.1, 0.15) is 0 Å². The molecule has 0 saturated carbocycles. The van der Waals surface area contributed by atoms with Gasteiger partial charge in [-0.15, -0.1) is 11.3 Å². The van der Waals surface area contributed by atoms with Gasteiger partial charge in [-0.25, -0.2) is 4.98 Å². The molecule has 6 nitrogen and oxygen atoms in total. The van der Waals surface area contributed by atoms with Crippen molar-refractivity contribution in [3.8, 4) is 0 Å². The fraction of sp³-hybridized carbons (Fsp3) is 0.286. The highest BCUT2D eigenvalue weighted by Crippen LogP contribution is 2.28. The first-order chi connectivity index (χ1) is 14.0. The predicted molar refractivity (Wildman–Crippen MR) is 118 cm³/mol. The summed E-state index contributed by atoms with van der Waals surface area (Å²) in [5.41, 5.74) is 4.76. The van der Waals surface area contributed by atoms with Crippen LogP contribution >= 0.6 is 22.7 Å². The van der Waals surface area contributed by atoms with Crippen molar-refractivity contribution in [2.75, 3.05) is 23.7 Å². The lowest BCUT2D eigenvalue weighted by Crippen LogP contribution is -2.36. The van der Waals surface area contributed by atoms with Gasteiger partial charge in [0.05, 0.1) is 17.8 Å². The number of aryl methyl sites for hydroxylation is 2. The van der Waals surface area contributed by atoms with Crippen molar-refractivity contribution >= 4 is 45.3 Å². The van der Waals surface area contributed by atoms with Gasteiger partial charge in [-0.3, -0.25) is 19.8 Å². The molecule has 0 fully saturated rings. The number of thiophene rings is 1. The van der Waals surface area contributed by atoms with Gasteiger partial charge in [0.25, 0.3) is 5.91 Å².